The number of rotatable bonds is 9. The van der Waals surface area contributed by atoms with Gasteiger partial charge in [-0.1, -0.05) is 70.6 Å². The molecule has 0 aromatic heterocycles. The van der Waals surface area contributed by atoms with Crippen molar-refractivity contribution >= 4 is 17.6 Å². The van der Waals surface area contributed by atoms with Crippen LogP contribution < -0.4 is 10.2 Å². The summed E-state index contributed by atoms with van der Waals surface area (Å²) in [7, 11) is 0. The van der Waals surface area contributed by atoms with Crippen molar-refractivity contribution in [2.45, 2.75) is 91.1 Å². The van der Waals surface area contributed by atoms with Crippen molar-refractivity contribution in [1.29, 1.82) is 0 Å². The third kappa shape index (κ3) is 10.1. The van der Waals surface area contributed by atoms with E-state index in [1.165, 1.54) is 18.5 Å². The predicted molar refractivity (Wildman–Crippen MR) is 177 cm³/mol. The van der Waals surface area contributed by atoms with Gasteiger partial charge in [0, 0.05) is 55.6 Å². The van der Waals surface area contributed by atoms with Gasteiger partial charge in [0.1, 0.15) is 6.04 Å². The van der Waals surface area contributed by atoms with Crippen LogP contribution in [0.2, 0.25) is 0 Å². The molecule has 6 heteroatoms. The molecule has 0 bridgehead atoms. The number of amides is 3. The Morgan fingerprint density at radius 2 is 1.40 bits per heavy atom. The van der Waals surface area contributed by atoms with Crippen LogP contribution in [-0.4, -0.2) is 66.5 Å². The Labute approximate surface area is 260 Å². The summed E-state index contributed by atoms with van der Waals surface area (Å²) in [6.07, 6.45) is 8.07. The van der Waals surface area contributed by atoms with E-state index in [4.69, 9.17) is 0 Å². The largest absolute Gasteiger partial charge is 0.368 e. The van der Waals surface area contributed by atoms with Crippen molar-refractivity contribution in [1.82, 2.24) is 15.1 Å². The molecule has 2 heterocycles. The second kappa shape index (κ2) is 16.4. The minimum Gasteiger partial charge on any atom is -0.368 e. The first-order valence-electron chi connectivity index (χ1n) is 16.6. The van der Waals surface area contributed by atoms with Crippen molar-refractivity contribution < 1.29 is 9.59 Å². The maximum Gasteiger partial charge on any atom is 0.318 e. The molecule has 43 heavy (non-hydrogen) atoms. The molecule has 2 aliphatic rings. The minimum absolute atomic E-state index is 0.0744. The highest BCUT2D eigenvalue weighted by atomic mass is 16.2. The van der Waals surface area contributed by atoms with E-state index < -0.39 is 6.04 Å². The average Bonchev–Trinajstić information content (AvgIpc) is 3.30. The first-order valence-corrected chi connectivity index (χ1v) is 16.6. The van der Waals surface area contributed by atoms with Gasteiger partial charge in [-0.2, -0.15) is 0 Å². The summed E-state index contributed by atoms with van der Waals surface area (Å²) in [5, 5.41) is 3.14. The van der Waals surface area contributed by atoms with Crippen LogP contribution in [0.1, 0.15) is 90.2 Å². The molecule has 232 valence electrons. The third-order valence-electron chi connectivity index (χ3n) is 8.68. The van der Waals surface area contributed by atoms with E-state index in [2.05, 4.69) is 74.0 Å². The smallest absolute Gasteiger partial charge is 0.318 e. The maximum atomic E-state index is 13.7. The van der Waals surface area contributed by atoms with Gasteiger partial charge in [-0.15, -0.1) is 0 Å². The summed E-state index contributed by atoms with van der Waals surface area (Å²) < 4.78 is 0. The molecule has 0 radical (unpaired) electrons. The Morgan fingerprint density at radius 3 is 1.98 bits per heavy atom. The minimum atomic E-state index is -0.464. The van der Waals surface area contributed by atoms with E-state index >= 15 is 0 Å². The highest BCUT2D eigenvalue weighted by molar-refractivity contribution is 5.87. The Kier molecular flexibility index (Phi) is 12.4. The number of carbonyl (C=O) groups is 2. The lowest BCUT2D eigenvalue weighted by Gasteiger charge is -2.41. The van der Waals surface area contributed by atoms with Gasteiger partial charge < -0.3 is 20.0 Å². The number of hydrogen-bond acceptors (Lipinski definition) is 3. The molecule has 3 amide bonds. The van der Waals surface area contributed by atoms with E-state index in [0.29, 0.717) is 24.3 Å². The number of nitrogens with zero attached hydrogens (tertiary/aromatic N) is 3. The van der Waals surface area contributed by atoms with Crippen LogP contribution in [0.15, 0.2) is 54.6 Å². The van der Waals surface area contributed by atoms with E-state index in [-0.39, 0.29) is 11.9 Å². The molecule has 0 spiro atoms. The van der Waals surface area contributed by atoms with Crippen LogP contribution in [0.5, 0.6) is 0 Å². The highest BCUT2D eigenvalue weighted by Crippen LogP contribution is 2.26. The fourth-order valence-electron chi connectivity index (χ4n) is 6.15. The standard InChI is InChI=1S/C37H52N4O2/c1-29(2)20-27-41(33-18-16-32(17-19-33)15-14-31-12-8-7-9-13-31)34-21-25-39(26-22-34)36(42)35(28-30(3)4)38-37(43)40-23-10-5-6-11-24-40/h7-9,12-13,16-19,29-30,34-35H,5-6,10-11,20-28H2,1-4H3,(H,38,43). The summed E-state index contributed by atoms with van der Waals surface area (Å²) in [5.41, 5.74) is 3.25. The van der Waals surface area contributed by atoms with Crippen molar-refractivity contribution in [3.8, 4) is 11.8 Å². The van der Waals surface area contributed by atoms with Gasteiger partial charge in [-0.3, -0.25) is 4.79 Å². The molecule has 2 fully saturated rings. The SMILES string of the molecule is CC(C)CCN(c1ccc(C#Cc2ccccc2)cc1)C1CCN(C(=O)C(CC(C)C)NC(=O)N2CCCCCC2)CC1. The summed E-state index contributed by atoms with van der Waals surface area (Å²) in [6.45, 7) is 12.8. The lowest BCUT2D eigenvalue weighted by molar-refractivity contribution is -0.134. The first-order chi connectivity index (χ1) is 20.8. The normalized spacial score (nSPS) is 16.8. The van der Waals surface area contributed by atoms with E-state index in [9.17, 15) is 9.59 Å². The van der Waals surface area contributed by atoms with Gasteiger partial charge in [0.15, 0.2) is 0 Å². The van der Waals surface area contributed by atoms with Crippen LogP contribution in [0.4, 0.5) is 10.5 Å². The van der Waals surface area contributed by atoms with Gasteiger partial charge in [-0.05, 0) is 86.8 Å². The van der Waals surface area contributed by atoms with Crippen LogP contribution in [0.25, 0.3) is 0 Å². The first kappa shape index (κ1) is 32.5. The number of piperidine rings is 1. The quantitative estimate of drug-likeness (QED) is 0.325. The molecular formula is C37H52N4O2. The molecule has 2 saturated heterocycles. The van der Waals surface area contributed by atoms with Crippen molar-refractivity contribution in [2.24, 2.45) is 11.8 Å². The second-order valence-corrected chi connectivity index (χ2v) is 13.1. The number of benzene rings is 2. The Morgan fingerprint density at radius 1 is 0.791 bits per heavy atom. The number of anilines is 1. The fraction of sp³-hybridized carbons (Fsp3) is 0.568. The van der Waals surface area contributed by atoms with Gasteiger partial charge in [0.25, 0.3) is 0 Å². The zero-order chi connectivity index (χ0) is 30.6. The summed E-state index contributed by atoms with van der Waals surface area (Å²) in [6, 6.07) is 18.6. The van der Waals surface area contributed by atoms with Crippen molar-refractivity contribution in [2.75, 3.05) is 37.6 Å². The third-order valence-corrected chi connectivity index (χ3v) is 8.68. The van der Waals surface area contributed by atoms with Crippen LogP contribution in [0.3, 0.4) is 0 Å². The van der Waals surface area contributed by atoms with Gasteiger partial charge in [-0.25, -0.2) is 4.79 Å². The molecule has 2 aromatic carbocycles. The van der Waals surface area contributed by atoms with Gasteiger partial charge in [0.2, 0.25) is 5.91 Å². The molecular weight excluding hydrogens is 532 g/mol. The lowest BCUT2D eigenvalue weighted by atomic mass is 9.98. The summed E-state index contributed by atoms with van der Waals surface area (Å²) in [4.78, 5) is 33.3. The summed E-state index contributed by atoms with van der Waals surface area (Å²) in [5.74, 6) is 7.56. The number of hydrogen-bond donors (Lipinski definition) is 1. The molecule has 4 rings (SSSR count). The molecule has 2 aromatic rings. The predicted octanol–water partition coefficient (Wildman–Crippen LogP) is 6.93. The van der Waals surface area contributed by atoms with Crippen molar-refractivity contribution in [3.63, 3.8) is 0 Å². The highest BCUT2D eigenvalue weighted by Gasteiger charge is 2.32. The molecule has 6 nitrogen and oxygen atoms in total. The molecule has 1 N–H and O–H groups in total. The molecule has 2 aliphatic heterocycles. The fourth-order valence-corrected chi connectivity index (χ4v) is 6.15. The van der Waals surface area contributed by atoms with E-state index in [0.717, 1.165) is 76.0 Å². The zero-order valence-corrected chi connectivity index (χ0v) is 26.9. The average molecular weight is 585 g/mol. The summed E-state index contributed by atoms with van der Waals surface area (Å²) >= 11 is 0. The molecule has 0 saturated carbocycles. The number of urea groups is 1. The van der Waals surface area contributed by atoms with Gasteiger partial charge in [0.05, 0.1) is 0 Å². The zero-order valence-electron chi connectivity index (χ0n) is 26.9. The lowest BCUT2D eigenvalue weighted by Crippen LogP contribution is -2.55. The molecule has 1 unspecified atom stereocenters. The Balaban J connectivity index is 1.39. The number of likely N-dealkylation sites (tertiary alicyclic amines) is 2. The van der Waals surface area contributed by atoms with Crippen LogP contribution >= 0.6 is 0 Å². The number of nitrogens with one attached hydrogen (secondary N) is 1. The Hall–Kier alpha value is -3.46. The van der Waals surface area contributed by atoms with Crippen molar-refractivity contribution in [3.05, 3.63) is 65.7 Å². The monoisotopic (exact) mass is 584 g/mol. The number of carbonyl (C=O) groups excluding carboxylic acids is 2. The van der Waals surface area contributed by atoms with Crippen LogP contribution in [-0.2, 0) is 4.79 Å². The topological polar surface area (TPSA) is 55.9 Å². The van der Waals surface area contributed by atoms with E-state index in [1.54, 1.807) is 0 Å². The molecule has 0 aliphatic carbocycles. The van der Waals surface area contributed by atoms with Crippen LogP contribution in [0, 0.1) is 23.7 Å². The van der Waals surface area contributed by atoms with E-state index in [1.807, 2.05) is 40.1 Å². The second-order valence-electron chi connectivity index (χ2n) is 13.1. The maximum absolute atomic E-state index is 13.7. The molecule has 1 atom stereocenters. The van der Waals surface area contributed by atoms with Gasteiger partial charge >= 0.3 is 6.03 Å². The Bertz CT molecular complexity index is 1200.